The van der Waals surface area contributed by atoms with Crippen LogP contribution in [0, 0.1) is 11.3 Å². The third-order valence-electron chi connectivity index (χ3n) is 2.91. The Labute approximate surface area is 117 Å². The molecule has 0 aliphatic rings. The van der Waals surface area contributed by atoms with Crippen molar-refractivity contribution in [2.45, 2.75) is 0 Å². The molecule has 0 unspecified atom stereocenters. The number of hydrogen-bond acceptors (Lipinski definition) is 3. The number of nitrogens with zero attached hydrogens (tertiary/aromatic N) is 1. The monoisotopic (exact) mass is 263 g/mol. The highest BCUT2D eigenvalue weighted by Gasteiger charge is 2.16. The SMILES string of the molecule is COC(=O)c1c(C=CC#N)cccc1-c1ccccc1. The Bertz CT molecular complexity index is 682. The molecule has 2 aromatic carbocycles. The third-order valence-corrected chi connectivity index (χ3v) is 2.91. The van der Waals surface area contributed by atoms with Crippen molar-refractivity contribution in [3.63, 3.8) is 0 Å². The Kier molecular flexibility index (Phi) is 4.31. The normalized spacial score (nSPS) is 10.2. The molecule has 20 heavy (non-hydrogen) atoms. The summed E-state index contributed by atoms with van der Waals surface area (Å²) in [5.41, 5.74) is 2.85. The molecule has 2 rings (SSSR count). The van der Waals surface area contributed by atoms with Gasteiger partial charge in [-0.1, -0.05) is 48.5 Å². The van der Waals surface area contributed by atoms with E-state index in [1.54, 1.807) is 12.1 Å². The largest absolute Gasteiger partial charge is 0.465 e. The van der Waals surface area contributed by atoms with Crippen LogP contribution in [0.2, 0.25) is 0 Å². The minimum Gasteiger partial charge on any atom is -0.465 e. The molecule has 0 aromatic heterocycles. The summed E-state index contributed by atoms with van der Waals surface area (Å²) >= 11 is 0. The number of allylic oxidation sites excluding steroid dienone is 1. The molecule has 3 nitrogen and oxygen atoms in total. The Morgan fingerprint density at radius 1 is 1.15 bits per heavy atom. The van der Waals surface area contributed by atoms with E-state index in [9.17, 15) is 4.79 Å². The van der Waals surface area contributed by atoms with Crippen LogP contribution in [0.4, 0.5) is 0 Å². The Balaban J connectivity index is 2.66. The molecule has 0 bridgehead atoms. The first kappa shape index (κ1) is 13.6. The van der Waals surface area contributed by atoms with E-state index in [2.05, 4.69) is 0 Å². The molecule has 0 aliphatic carbocycles. The molecule has 0 heterocycles. The molecule has 0 N–H and O–H groups in total. The second-order valence-corrected chi connectivity index (χ2v) is 4.09. The van der Waals surface area contributed by atoms with Gasteiger partial charge < -0.3 is 4.74 Å². The van der Waals surface area contributed by atoms with E-state index in [1.807, 2.05) is 48.5 Å². The predicted octanol–water partition coefficient (Wildman–Crippen LogP) is 3.68. The van der Waals surface area contributed by atoms with Gasteiger partial charge in [0.1, 0.15) is 0 Å². The molecule has 0 spiro atoms. The zero-order chi connectivity index (χ0) is 14.4. The summed E-state index contributed by atoms with van der Waals surface area (Å²) in [6, 6.07) is 17.0. The fourth-order valence-electron chi connectivity index (χ4n) is 2.02. The molecule has 0 amide bonds. The number of nitriles is 1. The van der Waals surface area contributed by atoms with Crippen molar-refractivity contribution < 1.29 is 9.53 Å². The van der Waals surface area contributed by atoms with Crippen LogP contribution in [0.15, 0.2) is 54.6 Å². The highest BCUT2D eigenvalue weighted by Crippen LogP contribution is 2.27. The number of methoxy groups -OCH3 is 1. The lowest BCUT2D eigenvalue weighted by Crippen LogP contribution is -2.06. The van der Waals surface area contributed by atoms with Crippen molar-refractivity contribution in [2.24, 2.45) is 0 Å². The molecule has 2 aromatic rings. The maximum atomic E-state index is 12.1. The maximum Gasteiger partial charge on any atom is 0.339 e. The summed E-state index contributed by atoms with van der Waals surface area (Å²) in [7, 11) is 1.35. The van der Waals surface area contributed by atoms with Crippen LogP contribution in [-0.4, -0.2) is 13.1 Å². The van der Waals surface area contributed by atoms with E-state index in [0.717, 1.165) is 11.1 Å². The number of rotatable bonds is 3. The highest BCUT2D eigenvalue weighted by molar-refractivity contribution is 6.01. The number of ether oxygens (including phenoxy) is 1. The minimum atomic E-state index is -0.415. The summed E-state index contributed by atoms with van der Waals surface area (Å²) in [6.45, 7) is 0. The van der Waals surface area contributed by atoms with Gasteiger partial charge in [0.15, 0.2) is 0 Å². The lowest BCUT2D eigenvalue weighted by atomic mass is 9.95. The molecule has 98 valence electrons. The van der Waals surface area contributed by atoms with Crippen LogP contribution in [-0.2, 0) is 4.74 Å². The molecule has 0 radical (unpaired) electrons. The zero-order valence-electron chi connectivity index (χ0n) is 11.0. The Morgan fingerprint density at radius 2 is 1.90 bits per heavy atom. The van der Waals surface area contributed by atoms with Crippen LogP contribution in [0.25, 0.3) is 17.2 Å². The van der Waals surface area contributed by atoms with Crippen LogP contribution in [0.1, 0.15) is 15.9 Å². The highest BCUT2D eigenvalue weighted by atomic mass is 16.5. The van der Waals surface area contributed by atoms with Gasteiger partial charge in [-0.3, -0.25) is 0 Å². The van der Waals surface area contributed by atoms with Gasteiger partial charge in [0.05, 0.1) is 18.7 Å². The van der Waals surface area contributed by atoms with Gasteiger partial charge in [-0.2, -0.15) is 5.26 Å². The number of carbonyl (C=O) groups excluding carboxylic acids is 1. The molecule has 3 heteroatoms. The second-order valence-electron chi connectivity index (χ2n) is 4.09. The van der Waals surface area contributed by atoms with Gasteiger partial charge >= 0.3 is 5.97 Å². The fraction of sp³-hybridized carbons (Fsp3) is 0.0588. The first-order valence-corrected chi connectivity index (χ1v) is 6.11. The van der Waals surface area contributed by atoms with Crippen molar-refractivity contribution in [2.75, 3.05) is 7.11 Å². The average Bonchev–Trinajstić information content (AvgIpc) is 2.52. The number of carbonyl (C=O) groups is 1. The van der Waals surface area contributed by atoms with Crippen molar-refractivity contribution >= 4 is 12.0 Å². The molecule has 0 aliphatic heterocycles. The van der Waals surface area contributed by atoms with Crippen molar-refractivity contribution in [1.82, 2.24) is 0 Å². The molecular formula is C17H13NO2. The van der Waals surface area contributed by atoms with Crippen molar-refractivity contribution in [1.29, 1.82) is 5.26 Å². The van der Waals surface area contributed by atoms with Crippen molar-refractivity contribution in [3.8, 4) is 17.2 Å². The third kappa shape index (κ3) is 2.76. The molecule has 0 fully saturated rings. The van der Waals surface area contributed by atoms with Gasteiger partial charge in [0.2, 0.25) is 0 Å². The molecule has 0 atom stereocenters. The van der Waals surface area contributed by atoms with E-state index < -0.39 is 5.97 Å². The van der Waals surface area contributed by atoms with E-state index in [-0.39, 0.29) is 0 Å². The van der Waals surface area contributed by atoms with Crippen LogP contribution in [0.3, 0.4) is 0 Å². The van der Waals surface area contributed by atoms with E-state index >= 15 is 0 Å². The first-order chi connectivity index (χ1) is 9.77. The number of benzene rings is 2. The molecule has 0 saturated heterocycles. The van der Waals surface area contributed by atoms with Gasteiger partial charge in [-0.25, -0.2) is 4.79 Å². The van der Waals surface area contributed by atoms with E-state index in [1.165, 1.54) is 13.2 Å². The summed E-state index contributed by atoms with van der Waals surface area (Å²) in [6.07, 6.45) is 2.95. The first-order valence-electron chi connectivity index (χ1n) is 6.11. The number of esters is 1. The summed E-state index contributed by atoms with van der Waals surface area (Å²) < 4.78 is 4.86. The Morgan fingerprint density at radius 3 is 2.55 bits per heavy atom. The van der Waals surface area contributed by atoms with Crippen LogP contribution >= 0.6 is 0 Å². The lowest BCUT2D eigenvalue weighted by molar-refractivity contribution is 0.0601. The van der Waals surface area contributed by atoms with Gasteiger partial charge in [-0.05, 0) is 22.8 Å². The fourth-order valence-corrected chi connectivity index (χ4v) is 2.02. The predicted molar refractivity (Wildman–Crippen MR) is 77.9 cm³/mol. The smallest absolute Gasteiger partial charge is 0.339 e. The molecular weight excluding hydrogens is 250 g/mol. The zero-order valence-corrected chi connectivity index (χ0v) is 11.0. The van der Waals surface area contributed by atoms with E-state index in [0.29, 0.717) is 11.1 Å². The lowest BCUT2D eigenvalue weighted by Gasteiger charge is -2.11. The van der Waals surface area contributed by atoms with Crippen LogP contribution < -0.4 is 0 Å². The van der Waals surface area contributed by atoms with Gasteiger partial charge in [-0.15, -0.1) is 0 Å². The summed E-state index contributed by atoms with van der Waals surface area (Å²) in [4.78, 5) is 12.1. The Hall–Kier alpha value is -2.86. The van der Waals surface area contributed by atoms with Gasteiger partial charge in [0, 0.05) is 6.08 Å². The quantitative estimate of drug-likeness (QED) is 0.627. The molecule has 0 saturated carbocycles. The topological polar surface area (TPSA) is 50.1 Å². The van der Waals surface area contributed by atoms with Gasteiger partial charge in [0.25, 0.3) is 0 Å². The van der Waals surface area contributed by atoms with E-state index in [4.69, 9.17) is 10.00 Å². The van der Waals surface area contributed by atoms with Crippen LogP contribution in [0.5, 0.6) is 0 Å². The maximum absolute atomic E-state index is 12.1. The summed E-state index contributed by atoms with van der Waals surface area (Å²) in [5, 5.41) is 8.65. The minimum absolute atomic E-state index is 0.415. The van der Waals surface area contributed by atoms with Crippen molar-refractivity contribution in [3.05, 3.63) is 65.7 Å². The second kappa shape index (κ2) is 6.35. The number of hydrogen-bond donors (Lipinski definition) is 0. The summed E-state index contributed by atoms with van der Waals surface area (Å²) in [5.74, 6) is -0.415. The average molecular weight is 263 g/mol. The standard InChI is InChI=1S/C17H13NO2/c1-20-17(19)16-14(10-6-12-18)9-5-11-15(16)13-7-3-2-4-8-13/h2-11H,1H3.